The highest BCUT2D eigenvalue weighted by Gasteiger charge is 2.24. The number of carbonyl (C=O) groups excluding carboxylic acids is 1. The molecule has 1 amide bonds. The van der Waals surface area contributed by atoms with Crippen LogP contribution in [0.5, 0.6) is 0 Å². The minimum Gasteiger partial charge on any atom is -0.383 e. The Labute approximate surface area is 101 Å². The number of hydrogen-bond acceptors (Lipinski definition) is 3. The van der Waals surface area contributed by atoms with E-state index >= 15 is 0 Å². The van der Waals surface area contributed by atoms with E-state index in [2.05, 4.69) is 11.4 Å². The van der Waals surface area contributed by atoms with Gasteiger partial charge in [0.2, 0.25) is 5.91 Å². The van der Waals surface area contributed by atoms with E-state index in [0.29, 0.717) is 12.1 Å². The third-order valence-corrected chi connectivity index (χ3v) is 2.68. The van der Waals surface area contributed by atoms with E-state index in [1.54, 1.807) is 19.9 Å². The van der Waals surface area contributed by atoms with Gasteiger partial charge < -0.3 is 11.1 Å². The highest BCUT2D eigenvalue weighted by atomic mass is 16.1. The van der Waals surface area contributed by atoms with E-state index in [0.717, 1.165) is 11.3 Å². The summed E-state index contributed by atoms with van der Waals surface area (Å²) in [5, 5.41) is 12.1. The summed E-state index contributed by atoms with van der Waals surface area (Å²) in [7, 11) is 0. The van der Waals surface area contributed by atoms with E-state index < -0.39 is 5.41 Å². The molecule has 0 aliphatic carbocycles. The minimum absolute atomic E-state index is 0.365. The standard InChI is InChI=1S/C13H17N3O/c1-9-4-5-10(7-14)11(6-9)16-8-13(2,3)12(15)17/h4-6,16H,8H2,1-3H3,(H2,15,17). The van der Waals surface area contributed by atoms with Crippen molar-refractivity contribution >= 4 is 11.6 Å². The Morgan fingerprint density at radius 1 is 1.53 bits per heavy atom. The largest absolute Gasteiger partial charge is 0.383 e. The first kappa shape index (κ1) is 13.0. The average molecular weight is 231 g/mol. The van der Waals surface area contributed by atoms with Crippen LogP contribution in [-0.4, -0.2) is 12.5 Å². The molecule has 0 spiro atoms. The van der Waals surface area contributed by atoms with Crippen molar-refractivity contribution in [3.05, 3.63) is 29.3 Å². The van der Waals surface area contributed by atoms with E-state index in [-0.39, 0.29) is 5.91 Å². The van der Waals surface area contributed by atoms with Crippen LogP contribution in [0.3, 0.4) is 0 Å². The number of rotatable bonds is 4. The summed E-state index contributed by atoms with van der Waals surface area (Å²) in [5.74, 6) is -0.365. The Balaban J connectivity index is 2.86. The van der Waals surface area contributed by atoms with Crippen LogP contribution in [0.15, 0.2) is 18.2 Å². The predicted molar refractivity (Wildman–Crippen MR) is 67.4 cm³/mol. The van der Waals surface area contributed by atoms with Gasteiger partial charge in [0.25, 0.3) is 0 Å². The number of amides is 1. The van der Waals surface area contributed by atoms with Crippen molar-refractivity contribution in [2.45, 2.75) is 20.8 Å². The van der Waals surface area contributed by atoms with Crippen molar-refractivity contribution in [1.29, 1.82) is 5.26 Å². The number of nitrogens with two attached hydrogens (primary N) is 1. The lowest BCUT2D eigenvalue weighted by Gasteiger charge is -2.22. The van der Waals surface area contributed by atoms with E-state index in [1.165, 1.54) is 0 Å². The van der Waals surface area contributed by atoms with Gasteiger partial charge in [-0.15, -0.1) is 0 Å². The molecule has 0 atom stereocenters. The van der Waals surface area contributed by atoms with Gasteiger partial charge in [-0.2, -0.15) is 5.26 Å². The molecule has 4 nitrogen and oxygen atoms in total. The fourth-order valence-corrected chi connectivity index (χ4v) is 1.31. The van der Waals surface area contributed by atoms with E-state index in [4.69, 9.17) is 11.0 Å². The van der Waals surface area contributed by atoms with Crippen LogP contribution in [0, 0.1) is 23.7 Å². The van der Waals surface area contributed by atoms with Gasteiger partial charge >= 0.3 is 0 Å². The Morgan fingerprint density at radius 2 is 2.18 bits per heavy atom. The molecule has 0 aromatic heterocycles. The third-order valence-electron chi connectivity index (χ3n) is 2.68. The number of primary amides is 1. The van der Waals surface area contributed by atoms with E-state index in [1.807, 2.05) is 19.1 Å². The van der Waals surface area contributed by atoms with Crippen LogP contribution in [0.1, 0.15) is 25.0 Å². The first-order valence-electron chi connectivity index (χ1n) is 5.41. The average Bonchev–Trinajstić information content (AvgIpc) is 2.26. The number of anilines is 1. The zero-order valence-corrected chi connectivity index (χ0v) is 10.4. The van der Waals surface area contributed by atoms with Crippen LogP contribution in [0.4, 0.5) is 5.69 Å². The molecular formula is C13H17N3O. The fourth-order valence-electron chi connectivity index (χ4n) is 1.31. The molecule has 0 radical (unpaired) electrons. The van der Waals surface area contributed by atoms with Gasteiger partial charge in [0.05, 0.1) is 16.7 Å². The third kappa shape index (κ3) is 3.22. The molecule has 1 aromatic carbocycles. The maximum atomic E-state index is 11.2. The van der Waals surface area contributed by atoms with Gasteiger partial charge in [-0.3, -0.25) is 4.79 Å². The second-order valence-corrected chi connectivity index (χ2v) is 4.76. The number of nitrogens with one attached hydrogen (secondary N) is 1. The number of benzene rings is 1. The monoisotopic (exact) mass is 231 g/mol. The first-order chi connectivity index (χ1) is 7.86. The Morgan fingerprint density at radius 3 is 2.71 bits per heavy atom. The van der Waals surface area contributed by atoms with Gasteiger partial charge in [0.1, 0.15) is 6.07 Å². The van der Waals surface area contributed by atoms with Crippen molar-refractivity contribution in [1.82, 2.24) is 0 Å². The summed E-state index contributed by atoms with van der Waals surface area (Å²) in [6.07, 6.45) is 0. The molecule has 0 saturated heterocycles. The van der Waals surface area contributed by atoms with Gasteiger partial charge in [-0.05, 0) is 38.5 Å². The van der Waals surface area contributed by atoms with Gasteiger partial charge in [-0.1, -0.05) is 6.07 Å². The Kier molecular flexibility index (Phi) is 3.74. The highest BCUT2D eigenvalue weighted by molar-refractivity contribution is 5.80. The lowest BCUT2D eigenvalue weighted by molar-refractivity contribution is -0.125. The maximum absolute atomic E-state index is 11.2. The van der Waals surface area contributed by atoms with Gasteiger partial charge in [-0.25, -0.2) is 0 Å². The summed E-state index contributed by atoms with van der Waals surface area (Å²) in [5.41, 5.74) is 7.01. The van der Waals surface area contributed by atoms with E-state index in [9.17, 15) is 4.79 Å². The molecule has 0 bridgehead atoms. The minimum atomic E-state index is -0.642. The van der Waals surface area contributed by atoms with Crippen molar-refractivity contribution in [2.75, 3.05) is 11.9 Å². The molecule has 3 N–H and O–H groups in total. The number of aryl methyl sites for hydroxylation is 1. The lowest BCUT2D eigenvalue weighted by atomic mass is 9.92. The lowest BCUT2D eigenvalue weighted by Crippen LogP contribution is -2.37. The number of hydrogen-bond donors (Lipinski definition) is 2. The first-order valence-corrected chi connectivity index (χ1v) is 5.41. The smallest absolute Gasteiger partial charge is 0.224 e. The molecule has 0 aliphatic rings. The number of carbonyl (C=O) groups is 1. The van der Waals surface area contributed by atoms with Gasteiger partial charge in [0.15, 0.2) is 0 Å². The fraction of sp³-hybridized carbons (Fsp3) is 0.385. The Hall–Kier alpha value is -2.02. The summed E-state index contributed by atoms with van der Waals surface area (Å²) >= 11 is 0. The summed E-state index contributed by atoms with van der Waals surface area (Å²) in [4.78, 5) is 11.2. The molecule has 4 heteroatoms. The molecule has 0 aliphatic heterocycles. The SMILES string of the molecule is Cc1ccc(C#N)c(NCC(C)(C)C(N)=O)c1. The quantitative estimate of drug-likeness (QED) is 0.829. The normalized spacial score (nSPS) is 10.7. The topological polar surface area (TPSA) is 78.9 Å². The highest BCUT2D eigenvalue weighted by Crippen LogP contribution is 2.20. The molecule has 0 fully saturated rings. The van der Waals surface area contributed by atoms with Crippen molar-refractivity contribution in [3.8, 4) is 6.07 Å². The molecule has 0 heterocycles. The molecule has 0 saturated carbocycles. The molecule has 1 rings (SSSR count). The van der Waals surface area contributed by atoms with Crippen molar-refractivity contribution in [2.24, 2.45) is 11.1 Å². The molecular weight excluding hydrogens is 214 g/mol. The number of nitrogens with zero attached hydrogens (tertiary/aromatic N) is 1. The predicted octanol–water partition coefficient (Wildman–Crippen LogP) is 1.79. The Bertz CT molecular complexity index is 472. The summed E-state index contributed by atoms with van der Waals surface area (Å²) < 4.78 is 0. The van der Waals surface area contributed by atoms with Gasteiger partial charge in [0, 0.05) is 6.54 Å². The van der Waals surface area contributed by atoms with Crippen molar-refractivity contribution < 1.29 is 4.79 Å². The molecule has 17 heavy (non-hydrogen) atoms. The number of nitriles is 1. The summed E-state index contributed by atoms with van der Waals surface area (Å²) in [6.45, 7) is 5.89. The molecule has 0 unspecified atom stereocenters. The van der Waals surface area contributed by atoms with Crippen LogP contribution < -0.4 is 11.1 Å². The van der Waals surface area contributed by atoms with Crippen LogP contribution in [-0.2, 0) is 4.79 Å². The van der Waals surface area contributed by atoms with Crippen LogP contribution in [0.25, 0.3) is 0 Å². The van der Waals surface area contributed by atoms with Crippen molar-refractivity contribution in [3.63, 3.8) is 0 Å². The van der Waals surface area contributed by atoms with Crippen LogP contribution >= 0.6 is 0 Å². The zero-order chi connectivity index (χ0) is 13.1. The second-order valence-electron chi connectivity index (χ2n) is 4.76. The maximum Gasteiger partial charge on any atom is 0.224 e. The molecule has 90 valence electrons. The van der Waals surface area contributed by atoms with Crippen LogP contribution in [0.2, 0.25) is 0 Å². The molecule has 1 aromatic rings. The zero-order valence-electron chi connectivity index (χ0n) is 10.4. The summed E-state index contributed by atoms with van der Waals surface area (Å²) in [6, 6.07) is 7.63. The second kappa shape index (κ2) is 4.88.